The average molecular weight is 400 g/mol. The van der Waals surface area contributed by atoms with Gasteiger partial charge < -0.3 is 20.3 Å². The largest absolute Gasteiger partial charge is 0.480 e. The molecule has 0 saturated carbocycles. The van der Waals surface area contributed by atoms with E-state index in [2.05, 4.69) is 5.43 Å². The van der Waals surface area contributed by atoms with Gasteiger partial charge in [0.1, 0.15) is 12.1 Å². The number of nitro groups is 1. The van der Waals surface area contributed by atoms with Crippen molar-refractivity contribution >= 4 is 17.7 Å². The van der Waals surface area contributed by atoms with Crippen molar-refractivity contribution in [1.82, 2.24) is 10.4 Å². The summed E-state index contributed by atoms with van der Waals surface area (Å²) in [6.07, 6.45) is 0.0641. The van der Waals surface area contributed by atoms with Crippen molar-refractivity contribution in [2.45, 2.75) is 18.5 Å². The first-order valence-corrected chi connectivity index (χ1v) is 8.59. The summed E-state index contributed by atoms with van der Waals surface area (Å²) >= 11 is 0. The van der Waals surface area contributed by atoms with Crippen LogP contribution in [0.3, 0.4) is 0 Å². The van der Waals surface area contributed by atoms with E-state index in [1.54, 1.807) is 12.1 Å². The molecule has 0 saturated heterocycles. The molecule has 11 nitrogen and oxygen atoms in total. The molecule has 2 unspecified atom stereocenters. The average Bonchev–Trinajstić information content (AvgIpc) is 3.06. The minimum Gasteiger partial charge on any atom is -0.480 e. The van der Waals surface area contributed by atoms with Crippen molar-refractivity contribution in [2.75, 3.05) is 6.79 Å². The van der Waals surface area contributed by atoms with E-state index in [0.717, 1.165) is 5.01 Å². The Kier molecular flexibility index (Phi) is 4.43. The quantitative estimate of drug-likeness (QED) is 0.514. The van der Waals surface area contributed by atoms with E-state index in [0.29, 0.717) is 28.2 Å². The topological polar surface area (TPSA) is 157 Å². The zero-order valence-electron chi connectivity index (χ0n) is 14.9. The smallest absolute Gasteiger partial charge is 0.330 e. The number of non-ortho nitro benzene ring substituents is 1. The molecule has 11 heteroatoms. The van der Waals surface area contributed by atoms with Gasteiger partial charge in [-0.1, -0.05) is 0 Å². The molecule has 0 aliphatic carbocycles. The fraction of sp³-hybridized carbons (Fsp3) is 0.222. The number of hydrogen-bond acceptors (Lipinski definition) is 7. The molecular weight excluding hydrogens is 384 g/mol. The summed E-state index contributed by atoms with van der Waals surface area (Å²) in [5, 5.41) is 21.6. The zero-order chi connectivity index (χ0) is 20.7. The van der Waals surface area contributed by atoms with Crippen LogP contribution < -0.4 is 20.6 Å². The van der Waals surface area contributed by atoms with Crippen molar-refractivity contribution in [3.63, 3.8) is 0 Å². The van der Waals surface area contributed by atoms with Crippen LogP contribution in [0.15, 0.2) is 36.4 Å². The van der Waals surface area contributed by atoms with E-state index in [1.807, 2.05) is 0 Å². The number of fused-ring (bicyclic) bond motifs is 2. The number of benzene rings is 2. The first kappa shape index (κ1) is 18.5. The number of urea groups is 1. The molecule has 2 aliphatic heterocycles. The van der Waals surface area contributed by atoms with Gasteiger partial charge in [0.05, 0.1) is 4.92 Å². The number of nitrogens with two attached hydrogens (primary N) is 1. The molecule has 2 amide bonds. The second kappa shape index (κ2) is 6.95. The Morgan fingerprint density at radius 1 is 1.21 bits per heavy atom. The molecule has 0 spiro atoms. The van der Waals surface area contributed by atoms with Gasteiger partial charge in [0.15, 0.2) is 11.5 Å². The van der Waals surface area contributed by atoms with Crippen molar-refractivity contribution in [3.8, 4) is 11.5 Å². The second-order valence-electron chi connectivity index (χ2n) is 6.59. The van der Waals surface area contributed by atoms with Crippen LogP contribution in [-0.2, 0) is 11.2 Å². The Labute approximate surface area is 163 Å². The van der Waals surface area contributed by atoms with E-state index in [-0.39, 0.29) is 18.9 Å². The monoisotopic (exact) mass is 400 g/mol. The summed E-state index contributed by atoms with van der Waals surface area (Å²) in [5.74, 6) is -0.235. The lowest BCUT2D eigenvalue weighted by molar-refractivity contribution is -0.384. The fourth-order valence-corrected chi connectivity index (χ4v) is 3.52. The number of carbonyl (C=O) groups excluding carboxylic acids is 1. The number of hydrogen-bond donors (Lipinski definition) is 3. The van der Waals surface area contributed by atoms with Crippen LogP contribution in [0.1, 0.15) is 22.7 Å². The van der Waals surface area contributed by atoms with Gasteiger partial charge in [0.25, 0.3) is 5.69 Å². The van der Waals surface area contributed by atoms with Crippen LogP contribution in [0.2, 0.25) is 0 Å². The number of ether oxygens (including phenoxy) is 2. The minimum absolute atomic E-state index is 0.0283. The SMILES string of the molecule is NC(=O)N1NC(C(=O)O)Cc2cc3c(cc2C1c1ccc([N+](=O)[O-])cc1)OCO3. The number of carboxylic acid groups (broad SMARTS) is 1. The summed E-state index contributed by atoms with van der Waals surface area (Å²) in [4.78, 5) is 34.4. The Bertz CT molecular complexity index is 1010. The number of nitro benzene ring substituents is 1. The second-order valence-corrected chi connectivity index (χ2v) is 6.59. The molecule has 2 aromatic carbocycles. The molecular formula is C18H16N4O7. The Morgan fingerprint density at radius 3 is 2.45 bits per heavy atom. The van der Waals surface area contributed by atoms with E-state index < -0.39 is 29.0 Å². The summed E-state index contributed by atoms with van der Waals surface area (Å²) in [5.41, 5.74) is 9.81. The van der Waals surface area contributed by atoms with Gasteiger partial charge in [0.2, 0.25) is 6.79 Å². The van der Waals surface area contributed by atoms with Crippen LogP contribution in [0, 0.1) is 10.1 Å². The third-order valence-electron chi connectivity index (χ3n) is 4.86. The third kappa shape index (κ3) is 3.27. The molecule has 0 bridgehead atoms. The molecule has 2 aromatic rings. The number of carbonyl (C=O) groups is 2. The molecule has 2 aliphatic rings. The maximum Gasteiger partial charge on any atom is 0.330 e. The Hall–Kier alpha value is -3.86. The number of nitrogens with zero attached hydrogens (tertiary/aromatic N) is 2. The fourth-order valence-electron chi connectivity index (χ4n) is 3.52. The summed E-state index contributed by atoms with van der Waals surface area (Å²) in [6, 6.07) is 6.11. The van der Waals surface area contributed by atoms with Gasteiger partial charge in [-0.3, -0.25) is 14.9 Å². The predicted molar refractivity (Wildman–Crippen MR) is 97.2 cm³/mol. The number of hydrazine groups is 1. The summed E-state index contributed by atoms with van der Waals surface area (Å²) in [6.45, 7) is 0.0283. The summed E-state index contributed by atoms with van der Waals surface area (Å²) in [7, 11) is 0. The molecule has 4 N–H and O–H groups in total. The van der Waals surface area contributed by atoms with Crippen molar-refractivity contribution in [1.29, 1.82) is 0 Å². The molecule has 2 atom stereocenters. The maximum atomic E-state index is 12.2. The van der Waals surface area contributed by atoms with Gasteiger partial charge in [-0.25, -0.2) is 15.2 Å². The normalized spacial score (nSPS) is 19.9. The number of carboxylic acids is 1. The van der Waals surface area contributed by atoms with Gasteiger partial charge in [-0.2, -0.15) is 0 Å². The standard InChI is InChI=1S/C18H16N4O7/c19-18(25)21-16(9-1-3-11(4-2-9)22(26)27)12-7-15-14(28-8-29-15)6-10(12)5-13(20-21)17(23)24/h1-4,6-7,13,16,20H,5,8H2,(H2,19,25)(H,23,24). The molecule has 0 radical (unpaired) electrons. The highest BCUT2D eigenvalue weighted by molar-refractivity contribution is 5.77. The van der Waals surface area contributed by atoms with Crippen LogP contribution >= 0.6 is 0 Å². The minimum atomic E-state index is -1.16. The van der Waals surface area contributed by atoms with Gasteiger partial charge in [-0.05, 0) is 41.0 Å². The highest BCUT2D eigenvalue weighted by Crippen LogP contribution is 2.41. The van der Waals surface area contributed by atoms with Crippen LogP contribution in [0.5, 0.6) is 11.5 Å². The molecule has 0 aromatic heterocycles. The highest BCUT2D eigenvalue weighted by atomic mass is 16.7. The molecule has 150 valence electrons. The first-order valence-electron chi connectivity index (χ1n) is 8.59. The zero-order valence-corrected chi connectivity index (χ0v) is 14.9. The van der Waals surface area contributed by atoms with Crippen molar-refractivity contribution in [3.05, 3.63) is 63.2 Å². The van der Waals surface area contributed by atoms with E-state index in [4.69, 9.17) is 15.2 Å². The van der Waals surface area contributed by atoms with E-state index in [1.165, 1.54) is 24.3 Å². The number of primary amides is 1. The molecule has 4 rings (SSSR count). The van der Waals surface area contributed by atoms with E-state index in [9.17, 15) is 24.8 Å². The lowest BCUT2D eigenvalue weighted by atomic mass is 9.91. The predicted octanol–water partition coefficient (Wildman–Crippen LogP) is 1.31. The van der Waals surface area contributed by atoms with Gasteiger partial charge in [-0.15, -0.1) is 0 Å². The number of aliphatic carboxylic acids is 1. The molecule has 2 heterocycles. The lowest BCUT2D eigenvalue weighted by Crippen LogP contribution is -2.53. The molecule has 0 fully saturated rings. The van der Waals surface area contributed by atoms with Crippen LogP contribution in [0.25, 0.3) is 0 Å². The molecule has 29 heavy (non-hydrogen) atoms. The summed E-state index contributed by atoms with van der Waals surface area (Å²) < 4.78 is 10.8. The Morgan fingerprint density at radius 2 is 1.86 bits per heavy atom. The highest BCUT2D eigenvalue weighted by Gasteiger charge is 2.37. The van der Waals surface area contributed by atoms with Crippen molar-refractivity contribution < 1.29 is 29.1 Å². The number of nitrogens with one attached hydrogen (secondary N) is 1. The number of amides is 2. The third-order valence-corrected chi connectivity index (χ3v) is 4.86. The lowest BCUT2D eigenvalue weighted by Gasteiger charge is -2.31. The van der Waals surface area contributed by atoms with Crippen LogP contribution in [0.4, 0.5) is 10.5 Å². The first-order chi connectivity index (χ1) is 13.8. The Balaban J connectivity index is 1.89. The van der Waals surface area contributed by atoms with Crippen LogP contribution in [-0.4, -0.2) is 39.9 Å². The van der Waals surface area contributed by atoms with Gasteiger partial charge >= 0.3 is 12.0 Å². The maximum absolute atomic E-state index is 12.2. The van der Waals surface area contributed by atoms with Crippen molar-refractivity contribution in [2.24, 2.45) is 5.73 Å². The van der Waals surface area contributed by atoms with Gasteiger partial charge in [0, 0.05) is 18.6 Å². The number of rotatable bonds is 3. The van der Waals surface area contributed by atoms with E-state index >= 15 is 0 Å².